The molecule has 106 valence electrons. The van der Waals surface area contributed by atoms with E-state index < -0.39 is 10.0 Å². The maximum atomic E-state index is 12.1. The molecule has 0 unspecified atom stereocenters. The summed E-state index contributed by atoms with van der Waals surface area (Å²) >= 11 is 0. The first-order valence-corrected chi connectivity index (χ1v) is 8.13. The summed E-state index contributed by atoms with van der Waals surface area (Å²) in [6, 6.07) is 7.13. The predicted octanol–water partition coefficient (Wildman–Crippen LogP) is 0.782. The number of likely N-dealkylation sites (tertiary alicyclic amines) is 1. The normalized spacial score (nSPS) is 18.6. The van der Waals surface area contributed by atoms with Crippen LogP contribution in [0.3, 0.4) is 0 Å². The third-order valence-corrected chi connectivity index (χ3v) is 4.85. The molecule has 1 aliphatic heterocycles. The van der Waals surface area contributed by atoms with Crippen molar-refractivity contribution in [3.8, 4) is 0 Å². The molecule has 0 amide bonds. The van der Waals surface area contributed by atoms with Gasteiger partial charge < -0.3 is 10.6 Å². The quantitative estimate of drug-likeness (QED) is 0.801. The van der Waals surface area contributed by atoms with Crippen LogP contribution in [0.25, 0.3) is 0 Å². The first-order valence-electron chi connectivity index (χ1n) is 6.48. The van der Waals surface area contributed by atoms with Crippen molar-refractivity contribution in [1.82, 2.24) is 9.62 Å². The lowest BCUT2D eigenvalue weighted by Gasteiger charge is -2.29. The first-order chi connectivity index (χ1) is 8.96. The monoisotopic (exact) mass is 283 g/mol. The van der Waals surface area contributed by atoms with Gasteiger partial charge in [-0.2, -0.15) is 0 Å². The molecule has 19 heavy (non-hydrogen) atoms. The maximum absolute atomic E-state index is 12.1. The third kappa shape index (κ3) is 4.19. The van der Waals surface area contributed by atoms with Gasteiger partial charge in [-0.1, -0.05) is 18.2 Å². The molecule has 0 radical (unpaired) electrons. The second-order valence-corrected chi connectivity index (χ2v) is 6.91. The van der Waals surface area contributed by atoms with Gasteiger partial charge in [0.05, 0.1) is 5.75 Å². The van der Waals surface area contributed by atoms with Crippen molar-refractivity contribution in [2.24, 2.45) is 0 Å². The Labute approximate surface area is 114 Å². The number of nitrogens with two attached hydrogens (primary N) is 1. The van der Waals surface area contributed by atoms with Gasteiger partial charge in [-0.15, -0.1) is 0 Å². The number of hydrogen-bond acceptors (Lipinski definition) is 4. The van der Waals surface area contributed by atoms with Crippen molar-refractivity contribution < 1.29 is 8.42 Å². The fraction of sp³-hybridized carbons (Fsp3) is 0.538. The average Bonchev–Trinajstić information content (AvgIpc) is 2.35. The molecular formula is C13H21N3O2S. The Morgan fingerprint density at radius 2 is 1.95 bits per heavy atom. The van der Waals surface area contributed by atoms with Gasteiger partial charge in [0.1, 0.15) is 0 Å². The molecular weight excluding hydrogens is 262 g/mol. The first kappa shape index (κ1) is 14.3. The lowest BCUT2D eigenvalue weighted by Crippen LogP contribution is -2.43. The summed E-state index contributed by atoms with van der Waals surface area (Å²) in [5.41, 5.74) is 6.96. The second-order valence-electron chi connectivity index (χ2n) is 5.15. The van der Waals surface area contributed by atoms with Crippen molar-refractivity contribution in [3.05, 3.63) is 29.8 Å². The number of anilines is 1. The van der Waals surface area contributed by atoms with E-state index in [9.17, 15) is 8.42 Å². The minimum absolute atomic E-state index is 0.0473. The number of nitrogen functional groups attached to an aromatic ring is 1. The highest BCUT2D eigenvalue weighted by molar-refractivity contribution is 7.88. The fourth-order valence-electron chi connectivity index (χ4n) is 2.29. The van der Waals surface area contributed by atoms with Gasteiger partial charge in [0.25, 0.3) is 0 Å². The average molecular weight is 283 g/mol. The number of para-hydroxylation sites is 1. The molecule has 0 aromatic heterocycles. The number of rotatable bonds is 4. The molecule has 0 saturated carbocycles. The van der Waals surface area contributed by atoms with Crippen molar-refractivity contribution >= 4 is 15.7 Å². The van der Waals surface area contributed by atoms with E-state index in [1.807, 2.05) is 0 Å². The van der Waals surface area contributed by atoms with Crippen molar-refractivity contribution in [2.75, 3.05) is 25.9 Å². The smallest absolute Gasteiger partial charge is 0.216 e. The fourth-order valence-corrected chi connectivity index (χ4v) is 3.79. The van der Waals surface area contributed by atoms with E-state index in [1.165, 1.54) is 0 Å². The van der Waals surface area contributed by atoms with Crippen LogP contribution in [0.5, 0.6) is 0 Å². The Balaban J connectivity index is 1.97. The number of piperidine rings is 1. The zero-order valence-corrected chi connectivity index (χ0v) is 12.0. The summed E-state index contributed by atoms with van der Waals surface area (Å²) in [7, 11) is -1.27. The highest BCUT2D eigenvalue weighted by Gasteiger charge is 2.22. The van der Waals surface area contributed by atoms with E-state index >= 15 is 0 Å². The largest absolute Gasteiger partial charge is 0.398 e. The number of nitrogens with one attached hydrogen (secondary N) is 1. The number of nitrogens with zero attached hydrogens (tertiary/aromatic N) is 1. The Kier molecular flexibility index (Phi) is 4.44. The molecule has 0 atom stereocenters. The standard InChI is InChI=1S/C13H21N3O2S/c1-16-8-6-12(7-9-16)15-19(17,18)10-11-4-2-3-5-13(11)14/h2-5,12,15H,6-10,14H2,1H3. The summed E-state index contributed by atoms with van der Waals surface area (Å²) in [5, 5.41) is 0. The van der Waals surface area contributed by atoms with Gasteiger partial charge in [0.2, 0.25) is 10.0 Å². The van der Waals surface area contributed by atoms with Gasteiger partial charge in [-0.3, -0.25) is 0 Å². The SMILES string of the molecule is CN1CCC(NS(=O)(=O)Cc2ccccc2N)CC1. The van der Waals surface area contributed by atoms with Crippen LogP contribution in [0.1, 0.15) is 18.4 Å². The molecule has 1 fully saturated rings. The summed E-state index contributed by atoms with van der Waals surface area (Å²) in [5.74, 6) is -0.0496. The predicted molar refractivity (Wildman–Crippen MR) is 77.1 cm³/mol. The van der Waals surface area contributed by atoms with E-state index in [0.29, 0.717) is 11.3 Å². The summed E-state index contributed by atoms with van der Waals surface area (Å²) in [4.78, 5) is 2.21. The molecule has 1 saturated heterocycles. The van der Waals surface area contributed by atoms with E-state index in [-0.39, 0.29) is 11.8 Å². The topological polar surface area (TPSA) is 75.4 Å². The molecule has 3 N–H and O–H groups in total. The zero-order chi connectivity index (χ0) is 13.9. The molecule has 1 aromatic carbocycles. The lowest BCUT2D eigenvalue weighted by molar-refractivity contribution is 0.248. The Hall–Kier alpha value is -1.11. The molecule has 1 heterocycles. The highest BCUT2D eigenvalue weighted by Crippen LogP contribution is 2.15. The van der Waals surface area contributed by atoms with Crippen molar-refractivity contribution in [2.45, 2.75) is 24.6 Å². The van der Waals surface area contributed by atoms with Gasteiger partial charge in [-0.25, -0.2) is 13.1 Å². The van der Waals surface area contributed by atoms with Gasteiger partial charge in [-0.05, 0) is 44.6 Å². The molecule has 5 nitrogen and oxygen atoms in total. The lowest BCUT2D eigenvalue weighted by atomic mass is 10.1. The van der Waals surface area contributed by atoms with Gasteiger partial charge in [0, 0.05) is 11.7 Å². The summed E-state index contributed by atoms with van der Waals surface area (Å²) < 4.78 is 27.0. The summed E-state index contributed by atoms with van der Waals surface area (Å²) in [6.07, 6.45) is 1.72. The third-order valence-electron chi connectivity index (χ3n) is 3.47. The Morgan fingerprint density at radius 1 is 1.32 bits per heavy atom. The van der Waals surface area contributed by atoms with E-state index in [1.54, 1.807) is 24.3 Å². The molecule has 2 rings (SSSR count). The van der Waals surface area contributed by atoms with Crippen LogP contribution in [0.4, 0.5) is 5.69 Å². The van der Waals surface area contributed by atoms with Crippen molar-refractivity contribution in [3.63, 3.8) is 0 Å². The van der Waals surface area contributed by atoms with Crippen LogP contribution < -0.4 is 10.5 Å². The van der Waals surface area contributed by atoms with E-state index in [0.717, 1.165) is 25.9 Å². The molecule has 1 aromatic rings. The van der Waals surface area contributed by atoms with Crippen LogP contribution in [-0.2, 0) is 15.8 Å². The van der Waals surface area contributed by atoms with Crippen LogP contribution in [0.2, 0.25) is 0 Å². The number of hydrogen-bond donors (Lipinski definition) is 2. The maximum Gasteiger partial charge on any atom is 0.216 e. The van der Waals surface area contributed by atoms with E-state index in [4.69, 9.17) is 5.73 Å². The zero-order valence-electron chi connectivity index (χ0n) is 11.2. The minimum atomic E-state index is -3.32. The highest BCUT2D eigenvalue weighted by atomic mass is 32.2. The van der Waals surface area contributed by atoms with Crippen LogP contribution in [0.15, 0.2) is 24.3 Å². The molecule has 0 aliphatic carbocycles. The van der Waals surface area contributed by atoms with Crippen LogP contribution in [0, 0.1) is 0 Å². The van der Waals surface area contributed by atoms with E-state index in [2.05, 4.69) is 16.7 Å². The molecule has 0 spiro atoms. The van der Waals surface area contributed by atoms with Crippen LogP contribution in [-0.4, -0.2) is 39.5 Å². The van der Waals surface area contributed by atoms with Crippen LogP contribution >= 0.6 is 0 Å². The number of benzene rings is 1. The summed E-state index contributed by atoms with van der Waals surface area (Å²) in [6.45, 7) is 1.86. The van der Waals surface area contributed by atoms with Gasteiger partial charge >= 0.3 is 0 Å². The minimum Gasteiger partial charge on any atom is -0.398 e. The second kappa shape index (κ2) is 5.90. The van der Waals surface area contributed by atoms with Crippen molar-refractivity contribution in [1.29, 1.82) is 0 Å². The Morgan fingerprint density at radius 3 is 2.58 bits per heavy atom. The molecule has 6 heteroatoms. The van der Waals surface area contributed by atoms with Gasteiger partial charge in [0.15, 0.2) is 0 Å². The number of sulfonamides is 1. The molecule has 0 bridgehead atoms. The Bertz CT molecular complexity index is 522. The molecule has 1 aliphatic rings.